The van der Waals surface area contributed by atoms with E-state index in [2.05, 4.69) is 15.0 Å². The third-order valence-corrected chi connectivity index (χ3v) is 9.36. The zero-order valence-corrected chi connectivity index (χ0v) is 20.2. The summed E-state index contributed by atoms with van der Waals surface area (Å²) in [6.07, 6.45) is 4.07. The van der Waals surface area contributed by atoms with Crippen molar-refractivity contribution in [2.75, 3.05) is 18.1 Å². The number of carbonyl (C=O) groups is 1. The van der Waals surface area contributed by atoms with Crippen molar-refractivity contribution in [1.29, 1.82) is 0 Å². The monoisotopic (exact) mass is 493 g/mol. The lowest BCUT2D eigenvalue weighted by atomic mass is 10.2. The van der Waals surface area contributed by atoms with E-state index in [4.69, 9.17) is 0 Å². The van der Waals surface area contributed by atoms with Crippen LogP contribution < -0.4 is 11.2 Å². The lowest BCUT2D eigenvalue weighted by Gasteiger charge is -2.29. The standard InChI is InChI=1S/C21H27N5O5S2/c1-3-25(14-8-9-33(30,31)10-14)20(28)11(2)32-19-15-17(22-16(23-19)12-4-5-12)26(13-6-7-13)21(29)24-18(15)27/h11-14H,3-10H2,1-2H3,(H,24,27,29)/t11-,14+/m0/s1. The smallest absolute Gasteiger partial charge is 0.330 e. The summed E-state index contributed by atoms with van der Waals surface area (Å²) in [7, 11) is -3.12. The van der Waals surface area contributed by atoms with Gasteiger partial charge in [-0.05, 0) is 46.0 Å². The number of rotatable bonds is 7. The topological polar surface area (TPSA) is 135 Å². The van der Waals surface area contributed by atoms with E-state index in [0.29, 0.717) is 29.5 Å². The van der Waals surface area contributed by atoms with Crippen molar-refractivity contribution in [2.45, 2.75) is 74.2 Å². The molecule has 3 heterocycles. The summed E-state index contributed by atoms with van der Waals surface area (Å²) >= 11 is 1.18. The van der Waals surface area contributed by atoms with Gasteiger partial charge in [0.1, 0.15) is 16.2 Å². The van der Waals surface area contributed by atoms with Gasteiger partial charge in [-0.25, -0.2) is 23.2 Å². The normalized spacial score (nSPS) is 23.0. The van der Waals surface area contributed by atoms with Crippen LogP contribution in [0.25, 0.3) is 11.0 Å². The van der Waals surface area contributed by atoms with E-state index in [0.717, 1.165) is 25.7 Å². The minimum atomic E-state index is -3.12. The summed E-state index contributed by atoms with van der Waals surface area (Å²) < 4.78 is 25.4. The molecule has 2 aromatic heterocycles. The number of aromatic nitrogens is 4. The molecule has 2 saturated carbocycles. The SMILES string of the molecule is CCN(C(=O)[C@H](C)Sc1nc(C2CC2)nc2c1c(=O)[nH]c(=O)n2C1CC1)[C@@H]1CCS(=O)(=O)C1. The number of H-pyrrole nitrogens is 1. The van der Waals surface area contributed by atoms with Gasteiger partial charge in [0.05, 0.1) is 16.8 Å². The molecule has 1 N–H and O–H groups in total. The fourth-order valence-electron chi connectivity index (χ4n) is 4.48. The molecule has 1 saturated heterocycles. The number of thioether (sulfide) groups is 1. The molecule has 0 spiro atoms. The van der Waals surface area contributed by atoms with Gasteiger partial charge in [-0.3, -0.25) is 19.1 Å². The van der Waals surface area contributed by atoms with Crippen LogP contribution in [-0.4, -0.2) is 68.1 Å². The Morgan fingerprint density at radius 3 is 2.52 bits per heavy atom. The Hall–Kier alpha value is -2.21. The summed E-state index contributed by atoms with van der Waals surface area (Å²) in [5.74, 6) is 0.713. The van der Waals surface area contributed by atoms with Crippen molar-refractivity contribution in [1.82, 2.24) is 24.4 Å². The molecule has 33 heavy (non-hydrogen) atoms. The summed E-state index contributed by atoms with van der Waals surface area (Å²) in [5.41, 5.74) is -0.666. The maximum Gasteiger partial charge on any atom is 0.330 e. The summed E-state index contributed by atoms with van der Waals surface area (Å²) in [6.45, 7) is 3.99. The molecule has 1 aliphatic heterocycles. The second-order valence-electron chi connectivity index (χ2n) is 9.16. The maximum atomic E-state index is 13.3. The molecule has 12 heteroatoms. The quantitative estimate of drug-likeness (QED) is 0.449. The minimum absolute atomic E-state index is 0.0143. The van der Waals surface area contributed by atoms with Gasteiger partial charge in [0.15, 0.2) is 15.5 Å². The lowest BCUT2D eigenvalue weighted by Crippen LogP contribution is -2.44. The minimum Gasteiger partial charge on any atom is -0.338 e. The second-order valence-corrected chi connectivity index (χ2v) is 12.7. The van der Waals surface area contributed by atoms with E-state index in [9.17, 15) is 22.8 Å². The predicted molar refractivity (Wildman–Crippen MR) is 124 cm³/mol. The summed E-state index contributed by atoms with van der Waals surface area (Å²) in [6, 6.07) is -0.307. The third kappa shape index (κ3) is 4.34. The Bertz CT molecular complexity index is 1340. The lowest BCUT2D eigenvalue weighted by molar-refractivity contribution is -0.131. The maximum absolute atomic E-state index is 13.3. The second kappa shape index (κ2) is 8.23. The highest BCUT2D eigenvalue weighted by atomic mass is 32.2. The first-order chi connectivity index (χ1) is 15.7. The predicted octanol–water partition coefficient (Wildman–Crippen LogP) is 1.21. The molecule has 3 aliphatic rings. The van der Waals surface area contributed by atoms with Crippen molar-refractivity contribution in [2.24, 2.45) is 0 Å². The van der Waals surface area contributed by atoms with E-state index in [1.54, 1.807) is 16.4 Å². The summed E-state index contributed by atoms with van der Waals surface area (Å²) in [4.78, 5) is 51.9. The Morgan fingerprint density at radius 2 is 1.94 bits per heavy atom. The van der Waals surface area contributed by atoms with Crippen molar-refractivity contribution in [3.05, 3.63) is 26.7 Å². The van der Waals surface area contributed by atoms with Crippen molar-refractivity contribution >= 4 is 38.5 Å². The van der Waals surface area contributed by atoms with E-state index in [1.807, 2.05) is 6.92 Å². The molecule has 0 bridgehead atoms. The van der Waals surface area contributed by atoms with Crippen LogP contribution in [0.15, 0.2) is 14.6 Å². The Kier molecular flexibility index (Phi) is 5.63. The molecule has 5 rings (SSSR count). The van der Waals surface area contributed by atoms with Gasteiger partial charge >= 0.3 is 5.69 Å². The van der Waals surface area contributed by atoms with Gasteiger partial charge in [-0.15, -0.1) is 0 Å². The largest absolute Gasteiger partial charge is 0.338 e. The zero-order valence-electron chi connectivity index (χ0n) is 18.6. The van der Waals surface area contributed by atoms with Gasteiger partial charge in [-0.2, -0.15) is 0 Å². The van der Waals surface area contributed by atoms with Gasteiger partial charge in [0.25, 0.3) is 5.56 Å². The number of fused-ring (bicyclic) bond motifs is 1. The first kappa shape index (κ1) is 22.6. The van der Waals surface area contributed by atoms with Crippen molar-refractivity contribution in [3.8, 4) is 0 Å². The average Bonchev–Trinajstić information content (AvgIpc) is 3.66. The van der Waals surface area contributed by atoms with E-state index >= 15 is 0 Å². The zero-order chi connectivity index (χ0) is 23.5. The van der Waals surface area contributed by atoms with E-state index in [1.165, 1.54) is 11.8 Å². The number of nitrogens with zero attached hydrogens (tertiary/aromatic N) is 4. The highest BCUT2D eigenvalue weighted by Gasteiger charge is 2.37. The third-order valence-electron chi connectivity index (χ3n) is 6.53. The van der Waals surface area contributed by atoms with E-state index in [-0.39, 0.29) is 40.8 Å². The van der Waals surface area contributed by atoms with Crippen LogP contribution in [0, 0.1) is 0 Å². The molecule has 178 valence electrons. The van der Waals surface area contributed by atoms with Crippen LogP contribution in [0.3, 0.4) is 0 Å². The van der Waals surface area contributed by atoms with Crippen molar-refractivity contribution in [3.63, 3.8) is 0 Å². The molecule has 0 unspecified atom stereocenters. The molecule has 2 aliphatic carbocycles. The fourth-order valence-corrected chi connectivity index (χ4v) is 7.23. The van der Waals surface area contributed by atoms with Gasteiger partial charge in [-0.1, -0.05) is 11.8 Å². The van der Waals surface area contributed by atoms with Crippen LogP contribution in [0.4, 0.5) is 0 Å². The molecule has 2 aromatic rings. The number of hydrogen-bond acceptors (Lipinski definition) is 8. The number of carbonyl (C=O) groups excluding carboxylic acids is 1. The average molecular weight is 494 g/mol. The van der Waals surface area contributed by atoms with Crippen LogP contribution >= 0.6 is 11.8 Å². The van der Waals surface area contributed by atoms with Crippen LogP contribution in [0.2, 0.25) is 0 Å². The molecular weight excluding hydrogens is 466 g/mol. The van der Waals surface area contributed by atoms with E-state index < -0.39 is 26.3 Å². The molecule has 2 atom stereocenters. The number of nitrogens with one attached hydrogen (secondary N) is 1. The first-order valence-corrected chi connectivity index (χ1v) is 14.1. The summed E-state index contributed by atoms with van der Waals surface area (Å²) in [5, 5.41) is 0.0506. The Balaban J connectivity index is 1.51. The fraction of sp³-hybridized carbons (Fsp3) is 0.667. The van der Waals surface area contributed by atoms with Gasteiger partial charge < -0.3 is 4.90 Å². The molecule has 10 nitrogen and oxygen atoms in total. The van der Waals surface area contributed by atoms with Gasteiger partial charge in [0, 0.05) is 24.5 Å². The van der Waals surface area contributed by atoms with Crippen molar-refractivity contribution < 1.29 is 13.2 Å². The molecule has 0 aromatic carbocycles. The van der Waals surface area contributed by atoms with Crippen LogP contribution in [0.5, 0.6) is 0 Å². The number of hydrogen-bond donors (Lipinski definition) is 1. The van der Waals surface area contributed by atoms with Crippen LogP contribution in [0.1, 0.15) is 63.7 Å². The number of aromatic amines is 1. The molecule has 1 amide bonds. The molecular formula is C21H27N5O5S2. The highest BCUT2D eigenvalue weighted by molar-refractivity contribution is 8.00. The first-order valence-electron chi connectivity index (χ1n) is 11.4. The van der Waals surface area contributed by atoms with Gasteiger partial charge in [0.2, 0.25) is 5.91 Å². The number of sulfone groups is 1. The molecule has 3 fully saturated rings. The highest BCUT2D eigenvalue weighted by Crippen LogP contribution is 2.41. The van der Waals surface area contributed by atoms with Crippen LogP contribution in [-0.2, 0) is 14.6 Å². The Labute approximate surface area is 195 Å². The number of amides is 1. The Morgan fingerprint density at radius 1 is 1.21 bits per heavy atom. The molecule has 0 radical (unpaired) electrons.